The molecule has 0 atom stereocenters. The van der Waals surface area contributed by atoms with Crippen molar-refractivity contribution >= 4 is 0 Å². The molecule has 2 aliphatic rings. The molecule has 2 fully saturated rings. The van der Waals surface area contributed by atoms with Gasteiger partial charge in [0.1, 0.15) is 0 Å². The Morgan fingerprint density at radius 1 is 0.462 bits per heavy atom. The molecule has 0 radical (unpaired) electrons. The molecule has 4 rings (SSSR count). The third kappa shape index (κ3) is 5.69. The van der Waals surface area contributed by atoms with Gasteiger partial charge in [0.2, 0.25) is 0 Å². The van der Waals surface area contributed by atoms with Crippen LogP contribution in [0.4, 0.5) is 0 Å². The third-order valence-corrected chi connectivity index (χ3v) is 6.09. The van der Waals surface area contributed by atoms with E-state index in [0.717, 1.165) is 11.8 Å². The summed E-state index contributed by atoms with van der Waals surface area (Å²) < 4.78 is 0. The number of hydrogen-bond acceptors (Lipinski definition) is 2. The highest BCUT2D eigenvalue weighted by atomic mass is 14.6. The van der Waals surface area contributed by atoms with E-state index >= 15 is 0 Å². The van der Waals surface area contributed by atoms with E-state index < -0.39 is 0 Å². The van der Waals surface area contributed by atoms with Crippen molar-refractivity contribution in [2.45, 2.75) is 75.3 Å². The van der Waals surface area contributed by atoms with E-state index in [-0.39, 0.29) is 0 Å². The molecule has 2 aromatic carbocycles. The summed E-state index contributed by atoms with van der Waals surface area (Å²) >= 11 is 0. The zero-order valence-electron chi connectivity index (χ0n) is 15.9. The van der Waals surface area contributed by atoms with Crippen molar-refractivity contribution in [1.82, 2.24) is 0 Å². The average Bonchev–Trinajstić information content (AvgIpc) is 2.71. The lowest BCUT2D eigenvalue weighted by molar-refractivity contribution is 0.395. The van der Waals surface area contributed by atoms with Crippen molar-refractivity contribution in [1.29, 1.82) is 0 Å². The highest BCUT2D eigenvalue weighted by Crippen LogP contribution is 2.32. The van der Waals surface area contributed by atoms with Gasteiger partial charge in [-0.05, 0) is 74.3 Å². The van der Waals surface area contributed by atoms with Crippen molar-refractivity contribution in [3.05, 3.63) is 71.8 Å². The molecule has 0 spiro atoms. The Kier molecular flexibility index (Phi) is 7.28. The predicted molar refractivity (Wildman–Crippen MR) is 111 cm³/mol. The first-order valence-electron chi connectivity index (χ1n) is 10.3. The van der Waals surface area contributed by atoms with Crippen LogP contribution in [0.2, 0.25) is 0 Å². The van der Waals surface area contributed by atoms with Crippen molar-refractivity contribution in [3.8, 4) is 0 Å². The summed E-state index contributed by atoms with van der Waals surface area (Å²) in [4.78, 5) is 0. The maximum Gasteiger partial charge on any atom is 0.00392 e. The Balaban J connectivity index is 0.000000151. The molecule has 0 aromatic heterocycles. The predicted octanol–water partition coefficient (Wildman–Crippen LogP) is 5.34. The second kappa shape index (κ2) is 9.89. The van der Waals surface area contributed by atoms with Crippen LogP contribution in [-0.4, -0.2) is 12.1 Å². The second-order valence-electron chi connectivity index (χ2n) is 8.04. The van der Waals surface area contributed by atoms with E-state index in [1.54, 1.807) is 0 Å². The highest BCUT2D eigenvalue weighted by molar-refractivity contribution is 5.20. The van der Waals surface area contributed by atoms with Gasteiger partial charge in [-0.25, -0.2) is 0 Å². The van der Waals surface area contributed by atoms with Crippen LogP contribution in [0.3, 0.4) is 0 Å². The van der Waals surface area contributed by atoms with Crippen LogP contribution in [-0.2, 0) is 0 Å². The zero-order valence-corrected chi connectivity index (χ0v) is 15.9. The number of rotatable bonds is 2. The molecule has 2 aliphatic carbocycles. The van der Waals surface area contributed by atoms with Crippen molar-refractivity contribution in [2.24, 2.45) is 11.5 Å². The van der Waals surface area contributed by atoms with Crippen LogP contribution >= 0.6 is 0 Å². The molecule has 0 unspecified atom stereocenters. The smallest absolute Gasteiger partial charge is 0.00392 e. The highest BCUT2D eigenvalue weighted by Gasteiger charge is 2.20. The van der Waals surface area contributed by atoms with Crippen LogP contribution in [0.15, 0.2) is 60.7 Å². The molecule has 2 nitrogen and oxygen atoms in total. The van der Waals surface area contributed by atoms with Gasteiger partial charge in [0.15, 0.2) is 0 Å². The van der Waals surface area contributed by atoms with E-state index in [4.69, 9.17) is 11.5 Å². The first-order valence-corrected chi connectivity index (χ1v) is 10.3. The molecule has 0 aliphatic heterocycles. The topological polar surface area (TPSA) is 52.0 Å². The molecule has 4 N–H and O–H groups in total. The largest absolute Gasteiger partial charge is 0.328 e. The lowest BCUT2D eigenvalue weighted by Gasteiger charge is -2.26. The number of benzene rings is 2. The minimum Gasteiger partial charge on any atom is -0.328 e. The van der Waals surface area contributed by atoms with Gasteiger partial charge in [0.05, 0.1) is 0 Å². The Labute approximate surface area is 159 Å². The van der Waals surface area contributed by atoms with Crippen molar-refractivity contribution in [3.63, 3.8) is 0 Å². The summed E-state index contributed by atoms with van der Waals surface area (Å²) in [6.07, 6.45) is 9.85. The molecule has 2 aromatic rings. The summed E-state index contributed by atoms with van der Waals surface area (Å²) in [7, 11) is 0. The minimum atomic E-state index is 0.458. The molecule has 0 bridgehead atoms. The fraction of sp³-hybridized carbons (Fsp3) is 0.500. The van der Waals surface area contributed by atoms with Gasteiger partial charge in [0.25, 0.3) is 0 Å². The summed E-state index contributed by atoms with van der Waals surface area (Å²) in [5.74, 6) is 1.53. The van der Waals surface area contributed by atoms with Crippen LogP contribution in [0.25, 0.3) is 0 Å². The monoisotopic (exact) mass is 350 g/mol. The molecular weight excluding hydrogens is 316 g/mol. The first kappa shape index (κ1) is 19.1. The summed E-state index contributed by atoms with van der Waals surface area (Å²) in [5, 5.41) is 0. The average molecular weight is 351 g/mol. The molecule has 140 valence electrons. The van der Waals surface area contributed by atoms with Gasteiger partial charge in [-0.1, -0.05) is 60.7 Å². The Morgan fingerprint density at radius 3 is 1.08 bits per heavy atom. The standard InChI is InChI=1S/2C12H17N/c2*13-12-8-6-11(7-9-12)10-4-2-1-3-5-10/h2*1-5,11-12H,6-9,13H2. The van der Waals surface area contributed by atoms with Crippen LogP contribution in [0.5, 0.6) is 0 Å². The van der Waals surface area contributed by atoms with Crippen LogP contribution < -0.4 is 11.5 Å². The maximum absolute atomic E-state index is 5.88. The van der Waals surface area contributed by atoms with Gasteiger partial charge in [-0.3, -0.25) is 0 Å². The van der Waals surface area contributed by atoms with Gasteiger partial charge in [-0.15, -0.1) is 0 Å². The first-order chi connectivity index (χ1) is 12.7. The lowest BCUT2D eigenvalue weighted by atomic mass is 9.82. The van der Waals surface area contributed by atoms with Crippen LogP contribution in [0, 0.1) is 0 Å². The maximum atomic E-state index is 5.88. The zero-order chi connectivity index (χ0) is 18.2. The summed E-state index contributed by atoms with van der Waals surface area (Å²) in [6, 6.07) is 22.5. The molecule has 2 heteroatoms. The van der Waals surface area contributed by atoms with Gasteiger partial charge in [0, 0.05) is 12.1 Å². The lowest BCUT2D eigenvalue weighted by Crippen LogP contribution is -2.25. The van der Waals surface area contributed by atoms with Gasteiger partial charge in [-0.2, -0.15) is 0 Å². The fourth-order valence-electron chi connectivity index (χ4n) is 4.36. The minimum absolute atomic E-state index is 0.458. The quantitative estimate of drug-likeness (QED) is 0.768. The molecule has 0 heterocycles. The fourth-order valence-corrected chi connectivity index (χ4v) is 4.36. The van der Waals surface area contributed by atoms with Crippen molar-refractivity contribution in [2.75, 3.05) is 0 Å². The van der Waals surface area contributed by atoms with E-state index in [9.17, 15) is 0 Å². The van der Waals surface area contributed by atoms with E-state index in [0.29, 0.717) is 12.1 Å². The van der Waals surface area contributed by atoms with Crippen LogP contribution in [0.1, 0.15) is 74.3 Å². The Morgan fingerprint density at radius 2 is 0.769 bits per heavy atom. The van der Waals surface area contributed by atoms with E-state index in [2.05, 4.69) is 60.7 Å². The normalized spacial score (nSPS) is 28.7. The molecule has 0 amide bonds. The summed E-state index contributed by atoms with van der Waals surface area (Å²) in [5.41, 5.74) is 14.7. The third-order valence-electron chi connectivity index (χ3n) is 6.09. The number of nitrogens with two attached hydrogens (primary N) is 2. The SMILES string of the molecule is NC1CCC(c2ccccc2)CC1.NC1CCC(c2ccccc2)CC1. The molecule has 26 heavy (non-hydrogen) atoms. The Hall–Kier alpha value is -1.64. The van der Waals surface area contributed by atoms with Gasteiger partial charge >= 0.3 is 0 Å². The molecule has 2 saturated carbocycles. The van der Waals surface area contributed by atoms with E-state index in [1.165, 1.54) is 62.5 Å². The summed E-state index contributed by atoms with van der Waals surface area (Å²) in [6.45, 7) is 0. The van der Waals surface area contributed by atoms with E-state index in [1.807, 2.05) is 0 Å². The molecule has 0 saturated heterocycles. The van der Waals surface area contributed by atoms with Gasteiger partial charge < -0.3 is 11.5 Å². The second-order valence-corrected chi connectivity index (χ2v) is 8.04. The Bertz CT molecular complexity index is 552. The molecular formula is C24H34N2. The van der Waals surface area contributed by atoms with Crippen molar-refractivity contribution < 1.29 is 0 Å². The number of hydrogen-bond donors (Lipinski definition) is 2.